The van der Waals surface area contributed by atoms with Gasteiger partial charge in [-0.25, -0.2) is 0 Å². The minimum Gasteiger partial charge on any atom is -0.502 e. The average molecular weight is 360 g/mol. The summed E-state index contributed by atoms with van der Waals surface area (Å²) >= 11 is 0. The largest absolute Gasteiger partial charge is 0.502 e. The van der Waals surface area contributed by atoms with Gasteiger partial charge >= 0.3 is 0 Å². The van der Waals surface area contributed by atoms with E-state index in [1.165, 1.54) is 30.7 Å². The Morgan fingerprint density at radius 1 is 1.00 bits per heavy atom. The lowest BCUT2D eigenvalue weighted by Gasteiger charge is -2.09. The van der Waals surface area contributed by atoms with Crippen molar-refractivity contribution in [1.29, 1.82) is 0 Å². The summed E-state index contributed by atoms with van der Waals surface area (Å²) in [5.74, 6) is 0.478. The van der Waals surface area contributed by atoms with Crippen molar-refractivity contribution in [2.24, 2.45) is 0 Å². The predicted molar refractivity (Wildman–Crippen MR) is 106 cm³/mol. The monoisotopic (exact) mass is 360 g/mol. The van der Waals surface area contributed by atoms with E-state index >= 15 is 0 Å². The molecule has 0 amide bonds. The molecular weight excluding hydrogens is 340 g/mol. The predicted octanol–water partition coefficient (Wildman–Crippen LogP) is 4.56. The van der Waals surface area contributed by atoms with Crippen molar-refractivity contribution in [3.8, 4) is 17.2 Å². The van der Waals surface area contributed by atoms with Gasteiger partial charge in [0.15, 0.2) is 17.3 Å². The molecule has 136 valence electrons. The van der Waals surface area contributed by atoms with Gasteiger partial charge in [-0.15, -0.1) is 0 Å². The minimum absolute atomic E-state index is 0.0587. The van der Waals surface area contributed by atoms with Gasteiger partial charge in [0.1, 0.15) is 0 Å². The summed E-state index contributed by atoms with van der Waals surface area (Å²) in [5.41, 5.74) is 4.04. The van der Waals surface area contributed by atoms with Gasteiger partial charge in [-0.2, -0.15) is 0 Å². The number of rotatable bonds is 5. The smallest absolute Gasteiger partial charge is 0.200 e. The topological polar surface area (TPSA) is 55.8 Å². The maximum atomic E-state index is 12.9. The highest BCUT2D eigenvalue weighted by Gasteiger charge is 2.17. The number of aromatic hydroxyl groups is 1. The Morgan fingerprint density at radius 3 is 2.33 bits per heavy atom. The van der Waals surface area contributed by atoms with E-state index in [4.69, 9.17) is 9.47 Å². The van der Waals surface area contributed by atoms with E-state index in [-0.39, 0.29) is 11.5 Å². The van der Waals surface area contributed by atoms with Crippen LogP contribution in [0.4, 0.5) is 0 Å². The fourth-order valence-corrected chi connectivity index (χ4v) is 3.73. The maximum absolute atomic E-state index is 12.9. The fraction of sp³-hybridized carbons (Fsp3) is 0.174. The molecule has 0 spiro atoms. The molecule has 27 heavy (non-hydrogen) atoms. The SMILES string of the molecule is COc1cc(/C=C/C(=O)c2ccc3c4c(cccc24)CC3)cc(OC)c1O. The lowest BCUT2D eigenvalue weighted by atomic mass is 9.97. The number of hydrogen-bond acceptors (Lipinski definition) is 4. The Hall–Kier alpha value is -3.27. The third-order valence-electron chi connectivity index (χ3n) is 5.07. The zero-order valence-electron chi connectivity index (χ0n) is 15.3. The van der Waals surface area contributed by atoms with Gasteiger partial charge in [-0.1, -0.05) is 36.4 Å². The molecule has 3 aromatic carbocycles. The summed E-state index contributed by atoms with van der Waals surface area (Å²) in [7, 11) is 2.94. The molecule has 0 unspecified atom stereocenters. The second kappa shape index (κ2) is 6.80. The Bertz CT molecular complexity index is 1040. The first-order chi connectivity index (χ1) is 13.1. The summed E-state index contributed by atoms with van der Waals surface area (Å²) in [6.07, 6.45) is 5.32. The number of ether oxygens (including phenoxy) is 2. The van der Waals surface area contributed by atoms with Crippen LogP contribution >= 0.6 is 0 Å². The normalized spacial score (nSPS) is 12.7. The van der Waals surface area contributed by atoms with Gasteiger partial charge in [-0.3, -0.25) is 4.79 Å². The molecule has 4 nitrogen and oxygen atoms in total. The van der Waals surface area contributed by atoms with E-state index in [0.29, 0.717) is 22.6 Å². The van der Waals surface area contributed by atoms with Crippen molar-refractivity contribution in [2.75, 3.05) is 14.2 Å². The van der Waals surface area contributed by atoms with Gasteiger partial charge in [0.25, 0.3) is 0 Å². The quantitative estimate of drug-likeness (QED) is 0.535. The molecule has 0 fully saturated rings. The zero-order valence-corrected chi connectivity index (χ0v) is 15.3. The molecule has 3 aromatic rings. The first-order valence-electron chi connectivity index (χ1n) is 8.83. The molecule has 1 N–H and O–H groups in total. The molecule has 0 heterocycles. The number of methoxy groups -OCH3 is 2. The average Bonchev–Trinajstić information content (AvgIpc) is 3.12. The number of ketones is 1. The van der Waals surface area contributed by atoms with E-state index in [2.05, 4.69) is 12.1 Å². The second-order valence-electron chi connectivity index (χ2n) is 6.58. The Labute approximate surface area is 157 Å². The molecule has 0 aromatic heterocycles. The molecule has 0 radical (unpaired) electrons. The molecule has 0 bridgehead atoms. The van der Waals surface area contributed by atoms with E-state index < -0.39 is 0 Å². The van der Waals surface area contributed by atoms with Crippen molar-refractivity contribution >= 4 is 22.6 Å². The molecule has 1 aliphatic carbocycles. The van der Waals surface area contributed by atoms with Gasteiger partial charge in [0, 0.05) is 5.56 Å². The summed E-state index contributed by atoms with van der Waals surface area (Å²) in [6, 6.07) is 13.5. The van der Waals surface area contributed by atoms with Crippen LogP contribution in [-0.4, -0.2) is 25.1 Å². The summed E-state index contributed by atoms with van der Waals surface area (Å²) in [4.78, 5) is 12.9. The van der Waals surface area contributed by atoms with Crippen LogP contribution in [0, 0.1) is 0 Å². The maximum Gasteiger partial charge on any atom is 0.200 e. The van der Waals surface area contributed by atoms with Gasteiger partial charge < -0.3 is 14.6 Å². The molecule has 4 heteroatoms. The van der Waals surface area contributed by atoms with Gasteiger partial charge in [-0.05, 0) is 58.5 Å². The van der Waals surface area contributed by atoms with E-state index in [1.807, 2.05) is 18.2 Å². The molecule has 0 atom stereocenters. The molecule has 4 rings (SSSR count). The van der Waals surface area contributed by atoms with Crippen LogP contribution < -0.4 is 9.47 Å². The van der Waals surface area contributed by atoms with Gasteiger partial charge in [0.05, 0.1) is 14.2 Å². The first kappa shape index (κ1) is 17.2. The number of carbonyl (C=O) groups is 1. The van der Waals surface area contributed by atoms with E-state index in [0.717, 1.165) is 18.2 Å². The van der Waals surface area contributed by atoms with Crippen LogP contribution in [0.25, 0.3) is 16.8 Å². The van der Waals surface area contributed by atoms with Crippen molar-refractivity contribution in [2.45, 2.75) is 12.8 Å². The second-order valence-corrected chi connectivity index (χ2v) is 6.58. The van der Waals surface area contributed by atoms with E-state index in [1.54, 1.807) is 24.3 Å². The zero-order chi connectivity index (χ0) is 19.0. The summed E-state index contributed by atoms with van der Waals surface area (Å²) in [5, 5.41) is 12.2. The highest BCUT2D eigenvalue weighted by molar-refractivity contribution is 6.16. The minimum atomic E-state index is -0.0593. The Balaban J connectivity index is 1.71. The lowest BCUT2D eigenvalue weighted by Crippen LogP contribution is -1.97. The standard InChI is InChI=1S/C23H20O4/c1-26-20-12-14(13-21(27-2)23(20)25)6-11-19(24)17-10-9-16-8-7-15-4-3-5-18(17)22(15)16/h3-6,9-13,25H,7-8H2,1-2H3/b11-6+. The van der Waals surface area contributed by atoms with Crippen LogP contribution in [0.15, 0.2) is 48.5 Å². The van der Waals surface area contributed by atoms with Crippen molar-refractivity contribution in [3.63, 3.8) is 0 Å². The summed E-state index contributed by atoms with van der Waals surface area (Å²) in [6.45, 7) is 0. The number of carbonyl (C=O) groups excluding carboxylic acids is 1. The number of allylic oxidation sites excluding steroid dienone is 1. The molecule has 0 saturated heterocycles. The van der Waals surface area contributed by atoms with Crippen LogP contribution in [0.2, 0.25) is 0 Å². The molecule has 1 aliphatic rings. The molecule has 0 aliphatic heterocycles. The van der Waals surface area contributed by atoms with Crippen LogP contribution in [-0.2, 0) is 12.8 Å². The third kappa shape index (κ3) is 2.93. The highest BCUT2D eigenvalue weighted by Crippen LogP contribution is 2.37. The van der Waals surface area contributed by atoms with Crippen LogP contribution in [0.1, 0.15) is 27.0 Å². The highest BCUT2D eigenvalue weighted by atomic mass is 16.5. The number of phenols is 1. The Kier molecular flexibility index (Phi) is 4.32. The molecule has 0 saturated carbocycles. The number of benzene rings is 3. The lowest BCUT2D eigenvalue weighted by molar-refractivity contribution is 0.104. The fourth-order valence-electron chi connectivity index (χ4n) is 3.73. The van der Waals surface area contributed by atoms with Crippen molar-refractivity contribution in [1.82, 2.24) is 0 Å². The van der Waals surface area contributed by atoms with Crippen LogP contribution in [0.5, 0.6) is 17.2 Å². The van der Waals surface area contributed by atoms with Crippen molar-refractivity contribution in [3.05, 3.63) is 70.8 Å². The number of hydrogen-bond donors (Lipinski definition) is 1. The van der Waals surface area contributed by atoms with Crippen molar-refractivity contribution < 1.29 is 19.4 Å². The van der Waals surface area contributed by atoms with Crippen LogP contribution in [0.3, 0.4) is 0 Å². The molecular formula is C23H20O4. The first-order valence-corrected chi connectivity index (χ1v) is 8.83. The third-order valence-corrected chi connectivity index (χ3v) is 5.07. The number of aryl methyl sites for hydroxylation is 2. The van der Waals surface area contributed by atoms with E-state index in [9.17, 15) is 9.90 Å². The van der Waals surface area contributed by atoms with Gasteiger partial charge in [0.2, 0.25) is 5.75 Å². The Morgan fingerprint density at radius 2 is 1.67 bits per heavy atom. The number of phenolic OH excluding ortho intramolecular Hbond substituents is 1. The summed E-state index contributed by atoms with van der Waals surface area (Å²) < 4.78 is 10.3.